The number of fused-ring (bicyclic) bond motifs is 1. The zero-order valence-corrected chi connectivity index (χ0v) is 17.7. The van der Waals surface area contributed by atoms with Crippen LogP contribution in [0.25, 0.3) is 11.0 Å². The van der Waals surface area contributed by atoms with Crippen molar-refractivity contribution in [2.75, 3.05) is 12.4 Å². The van der Waals surface area contributed by atoms with Crippen LogP contribution in [0.4, 0.5) is 0 Å². The van der Waals surface area contributed by atoms with Gasteiger partial charge in [0.1, 0.15) is 5.75 Å². The van der Waals surface area contributed by atoms with Crippen LogP contribution >= 0.6 is 11.8 Å². The molecule has 1 aromatic heterocycles. The molecule has 0 fully saturated rings. The Hall–Kier alpha value is -2.03. The number of rotatable bonds is 9. The van der Waals surface area contributed by atoms with Gasteiger partial charge in [-0.1, -0.05) is 37.7 Å². The molecule has 0 aliphatic carbocycles. The summed E-state index contributed by atoms with van der Waals surface area (Å²) in [6.45, 7) is 5.88. The van der Waals surface area contributed by atoms with Gasteiger partial charge in [-0.05, 0) is 48.7 Å². The van der Waals surface area contributed by atoms with E-state index in [1.54, 1.807) is 23.9 Å². The van der Waals surface area contributed by atoms with Gasteiger partial charge in [-0.15, -0.1) is 0 Å². The molecule has 0 amide bonds. The summed E-state index contributed by atoms with van der Waals surface area (Å²) in [6, 6.07) is 14.3. The highest BCUT2D eigenvalue weighted by atomic mass is 32.2. The lowest BCUT2D eigenvalue weighted by Gasteiger charge is -2.11. The topological polar surface area (TPSA) is 87.2 Å². The summed E-state index contributed by atoms with van der Waals surface area (Å²) in [5.74, 6) is 1.98. The maximum atomic E-state index is 11.3. The molecule has 0 saturated heterocycles. The van der Waals surface area contributed by atoms with Crippen LogP contribution in [-0.4, -0.2) is 30.3 Å². The number of benzene rings is 2. The summed E-state index contributed by atoms with van der Waals surface area (Å²) in [5, 5.41) is 6.10. The SMILES string of the molecule is CC(C)CCn1c(SCCOc2ccc(S(N)(=O)=O)cc2)nc2ccccc21. The maximum absolute atomic E-state index is 11.3. The van der Waals surface area contributed by atoms with E-state index in [-0.39, 0.29) is 4.90 Å². The second kappa shape index (κ2) is 8.98. The zero-order chi connectivity index (χ0) is 20.1. The predicted octanol–water partition coefficient (Wildman–Crippen LogP) is 3.90. The molecule has 0 spiro atoms. The van der Waals surface area contributed by atoms with Crippen LogP contribution in [0.5, 0.6) is 5.75 Å². The van der Waals surface area contributed by atoms with Crippen LogP contribution < -0.4 is 9.88 Å². The first kappa shape index (κ1) is 20.7. The van der Waals surface area contributed by atoms with E-state index in [2.05, 4.69) is 24.5 Å². The van der Waals surface area contributed by atoms with Gasteiger partial charge in [-0.3, -0.25) is 0 Å². The van der Waals surface area contributed by atoms with Crippen LogP contribution in [0.2, 0.25) is 0 Å². The second-order valence-corrected chi connectivity index (χ2v) is 9.55. The number of hydrogen-bond donors (Lipinski definition) is 1. The minimum atomic E-state index is -3.68. The van der Waals surface area contributed by atoms with Crippen molar-refractivity contribution < 1.29 is 13.2 Å². The number of para-hydroxylation sites is 2. The lowest BCUT2D eigenvalue weighted by Crippen LogP contribution is -2.11. The number of nitrogens with two attached hydrogens (primary N) is 1. The van der Waals surface area contributed by atoms with E-state index in [1.807, 2.05) is 18.2 Å². The second-order valence-electron chi connectivity index (χ2n) is 6.93. The largest absolute Gasteiger partial charge is 0.493 e. The Morgan fingerprint density at radius 1 is 1.14 bits per heavy atom. The molecule has 0 saturated carbocycles. The summed E-state index contributed by atoms with van der Waals surface area (Å²) in [6.07, 6.45) is 1.10. The molecular formula is C20H25N3O3S2. The first-order chi connectivity index (χ1) is 13.3. The number of ether oxygens (including phenoxy) is 1. The molecule has 28 heavy (non-hydrogen) atoms. The van der Waals surface area contributed by atoms with Gasteiger partial charge >= 0.3 is 0 Å². The van der Waals surface area contributed by atoms with Gasteiger partial charge in [0.15, 0.2) is 5.16 Å². The summed E-state index contributed by atoms with van der Waals surface area (Å²) >= 11 is 1.66. The Kier molecular flexibility index (Phi) is 6.64. The standard InChI is InChI=1S/C20H25N3O3S2/c1-15(2)11-12-23-19-6-4-3-5-18(19)22-20(23)27-14-13-26-16-7-9-17(10-8-16)28(21,24)25/h3-10,15H,11-14H2,1-2H3,(H2,21,24,25). The summed E-state index contributed by atoms with van der Waals surface area (Å²) in [7, 11) is -3.68. The van der Waals surface area contributed by atoms with Crippen LogP contribution in [0, 0.1) is 5.92 Å². The number of hydrogen-bond acceptors (Lipinski definition) is 5. The van der Waals surface area contributed by atoms with Crippen LogP contribution in [0.3, 0.4) is 0 Å². The minimum Gasteiger partial charge on any atom is -0.493 e. The molecule has 1 heterocycles. The van der Waals surface area contributed by atoms with Gasteiger partial charge in [0, 0.05) is 12.3 Å². The molecule has 3 aromatic rings. The molecule has 3 rings (SSSR count). The molecule has 0 radical (unpaired) electrons. The van der Waals surface area contributed by atoms with Gasteiger partial charge in [0.25, 0.3) is 0 Å². The van der Waals surface area contributed by atoms with Gasteiger partial charge in [-0.2, -0.15) is 0 Å². The molecule has 0 atom stereocenters. The zero-order valence-electron chi connectivity index (χ0n) is 16.0. The number of thioether (sulfide) groups is 1. The lowest BCUT2D eigenvalue weighted by molar-refractivity contribution is 0.343. The Labute approximate surface area is 170 Å². The number of sulfonamides is 1. The number of aryl methyl sites for hydroxylation is 1. The Morgan fingerprint density at radius 3 is 2.54 bits per heavy atom. The lowest BCUT2D eigenvalue weighted by atomic mass is 10.1. The molecule has 6 nitrogen and oxygen atoms in total. The van der Waals surface area contributed by atoms with Gasteiger partial charge in [-0.25, -0.2) is 18.5 Å². The minimum absolute atomic E-state index is 0.0769. The molecule has 0 aliphatic rings. The first-order valence-corrected chi connectivity index (χ1v) is 11.7. The third kappa shape index (κ3) is 5.27. The Morgan fingerprint density at radius 2 is 1.86 bits per heavy atom. The molecular weight excluding hydrogens is 394 g/mol. The fraction of sp³-hybridized carbons (Fsp3) is 0.350. The monoisotopic (exact) mass is 419 g/mol. The van der Waals surface area contributed by atoms with Gasteiger partial charge in [0.05, 0.1) is 22.5 Å². The smallest absolute Gasteiger partial charge is 0.238 e. The summed E-state index contributed by atoms with van der Waals surface area (Å²) in [5.41, 5.74) is 2.17. The molecule has 0 bridgehead atoms. The van der Waals surface area contributed by atoms with E-state index < -0.39 is 10.0 Å². The van der Waals surface area contributed by atoms with Crippen molar-refractivity contribution in [3.05, 3.63) is 48.5 Å². The fourth-order valence-corrected chi connectivity index (χ4v) is 4.16. The molecule has 8 heteroatoms. The Balaban J connectivity index is 1.61. The maximum Gasteiger partial charge on any atom is 0.238 e. The van der Waals surface area contributed by atoms with E-state index in [0.29, 0.717) is 18.3 Å². The average Bonchev–Trinajstić information content (AvgIpc) is 3.00. The summed E-state index contributed by atoms with van der Waals surface area (Å²) in [4.78, 5) is 4.84. The number of primary sulfonamides is 1. The van der Waals surface area contributed by atoms with Gasteiger partial charge in [0.2, 0.25) is 10.0 Å². The van der Waals surface area contributed by atoms with Crippen molar-refractivity contribution in [3.8, 4) is 5.75 Å². The van der Waals surface area contributed by atoms with Crippen molar-refractivity contribution in [3.63, 3.8) is 0 Å². The van der Waals surface area contributed by atoms with Crippen molar-refractivity contribution >= 4 is 32.8 Å². The number of imidazole rings is 1. The van der Waals surface area contributed by atoms with Crippen molar-refractivity contribution in [2.45, 2.75) is 36.9 Å². The summed E-state index contributed by atoms with van der Waals surface area (Å²) < 4.78 is 30.6. The molecule has 150 valence electrons. The van der Waals surface area contributed by atoms with Crippen molar-refractivity contribution in [1.29, 1.82) is 0 Å². The normalized spacial score (nSPS) is 12.0. The van der Waals surface area contributed by atoms with Crippen LogP contribution in [-0.2, 0) is 16.6 Å². The third-order valence-electron chi connectivity index (χ3n) is 4.29. The Bertz CT molecular complexity index is 1030. The van der Waals surface area contributed by atoms with E-state index >= 15 is 0 Å². The van der Waals surface area contributed by atoms with Crippen molar-refractivity contribution in [1.82, 2.24) is 9.55 Å². The van der Waals surface area contributed by atoms with E-state index in [9.17, 15) is 8.42 Å². The van der Waals surface area contributed by atoms with E-state index in [1.165, 1.54) is 12.1 Å². The van der Waals surface area contributed by atoms with E-state index in [0.717, 1.165) is 34.9 Å². The number of aromatic nitrogens is 2. The molecule has 2 N–H and O–H groups in total. The number of nitrogens with zero attached hydrogens (tertiary/aromatic N) is 2. The molecule has 2 aromatic carbocycles. The van der Waals surface area contributed by atoms with Crippen molar-refractivity contribution in [2.24, 2.45) is 11.1 Å². The molecule has 0 unspecified atom stereocenters. The quantitative estimate of drug-likeness (QED) is 0.420. The fourth-order valence-electron chi connectivity index (χ4n) is 2.78. The molecule has 0 aliphatic heterocycles. The highest BCUT2D eigenvalue weighted by Crippen LogP contribution is 2.25. The highest BCUT2D eigenvalue weighted by molar-refractivity contribution is 7.99. The van der Waals surface area contributed by atoms with E-state index in [4.69, 9.17) is 14.9 Å². The highest BCUT2D eigenvalue weighted by Gasteiger charge is 2.12. The van der Waals surface area contributed by atoms with Crippen LogP contribution in [0.15, 0.2) is 58.6 Å². The first-order valence-electron chi connectivity index (χ1n) is 9.18. The van der Waals surface area contributed by atoms with Crippen LogP contribution in [0.1, 0.15) is 20.3 Å². The third-order valence-corrected chi connectivity index (χ3v) is 6.15. The average molecular weight is 420 g/mol. The van der Waals surface area contributed by atoms with Gasteiger partial charge < -0.3 is 9.30 Å². The predicted molar refractivity (Wildman–Crippen MR) is 113 cm³/mol.